The largest absolute Gasteiger partial charge is 0.487 e. The molecule has 0 atom stereocenters. The van der Waals surface area contributed by atoms with Crippen LogP contribution in [0.2, 0.25) is 0 Å². The molecule has 0 bridgehead atoms. The summed E-state index contributed by atoms with van der Waals surface area (Å²) in [5.74, 6) is 0.0628. The van der Waals surface area contributed by atoms with Gasteiger partial charge in [0.2, 0.25) is 0 Å². The molecule has 1 aromatic carbocycles. The maximum atomic E-state index is 11.9. The van der Waals surface area contributed by atoms with Crippen LogP contribution in [0.3, 0.4) is 0 Å². The molecule has 112 valence electrons. The minimum Gasteiger partial charge on any atom is -0.487 e. The van der Waals surface area contributed by atoms with Crippen molar-refractivity contribution in [1.29, 1.82) is 0 Å². The van der Waals surface area contributed by atoms with Crippen LogP contribution in [0.25, 0.3) is 0 Å². The maximum Gasteiger partial charge on any atom is 0.341 e. The van der Waals surface area contributed by atoms with Crippen LogP contribution in [-0.2, 0) is 17.8 Å². The molecule has 2 aromatic rings. The summed E-state index contributed by atoms with van der Waals surface area (Å²) in [4.78, 5) is 14.3. The number of anilines is 1. The summed E-state index contributed by atoms with van der Waals surface area (Å²) >= 11 is 1.71. The Morgan fingerprint density at radius 1 is 1.19 bits per heavy atom. The normalized spacial score (nSPS) is 10.4. The molecule has 0 amide bonds. The highest BCUT2D eigenvalue weighted by Gasteiger charge is 2.14. The van der Waals surface area contributed by atoms with E-state index in [1.54, 1.807) is 36.5 Å². The van der Waals surface area contributed by atoms with Gasteiger partial charge in [0.1, 0.15) is 17.9 Å². The Labute approximate surface area is 128 Å². The first-order valence-corrected chi connectivity index (χ1v) is 7.72. The number of carbonyl (C=O) groups is 1. The van der Waals surface area contributed by atoms with Gasteiger partial charge in [-0.3, -0.25) is 0 Å². The lowest BCUT2D eigenvalue weighted by molar-refractivity contribution is 0.0521. The van der Waals surface area contributed by atoms with Crippen molar-refractivity contribution in [1.82, 2.24) is 0 Å². The van der Waals surface area contributed by atoms with Gasteiger partial charge in [0.05, 0.1) is 6.61 Å². The fraction of sp³-hybridized carbons (Fsp3) is 0.312. The lowest BCUT2D eigenvalue weighted by atomic mass is 10.2. The van der Waals surface area contributed by atoms with Crippen LogP contribution in [0, 0.1) is 0 Å². The molecule has 0 radical (unpaired) electrons. The highest BCUT2D eigenvalue weighted by molar-refractivity contribution is 7.11. The Morgan fingerprint density at radius 2 is 1.95 bits per heavy atom. The number of carbonyl (C=O) groups excluding carboxylic acids is 1. The zero-order chi connectivity index (χ0) is 15.2. The maximum absolute atomic E-state index is 11.9. The molecule has 0 spiro atoms. The molecule has 21 heavy (non-hydrogen) atoms. The zero-order valence-electron chi connectivity index (χ0n) is 12.2. The average molecular weight is 305 g/mol. The Morgan fingerprint density at radius 3 is 2.62 bits per heavy atom. The number of aryl methyl sites for hydroxylation is 1. The van der Waals surface area contributed by atoms with Crippen LogP contribution in [0.4, 0.5) is 5.69 Å². The van der Waals surface area contributed by atoms with Crippen molar-refractivity contribution in [3.63, 3.8) is 0 Å². The van der Waals surface area contributed by atoms with Crippen LogP contribution in [0.5, 0.6) is 5.75 Å². The van der Waals surface area contributed by atoms with E-state index < -0.39 is 5.97 Å². The smallest absolute Gasteiger partial charge is 0.341 e. The Bertz CT molecular complexity index is 622. The minimum absolute atomic E-state index is 0.327. The van der Waals surface area contributed by atoms with Crippen LogP contribution in [0.15, 0.2) is 30.3 Å². The number of hydrogen-bond donors (Lipinski definition) is 1. The van der Waals surface area contributed by atoms with Gasteiger partial charge < -0.3 is 15.2 Å². The number of nitrogens with two attached hydrogens (primary N) is 1. The van der Waals surface area contributed by atoms with Gasteiger partial charge in [-0.1, -0.05) is 6.92 Å². The predicted molar refractivity (Wildman–Crippen MR) is 84.8 cm³/mol. The second-order valence-electron chi connectivity index (χ2n) is 4.49. The highest BCUT2D eigenvalue weighted by Crippen LogP contribution is 2.25. The Balaban J connectivity index is 2.14. The summed E-state index contributed by atoms with van der Waals surface area (Å²) in [6.07, 6.45) is 1.01. The number of hydrogen-bond acceptors (Lipinski definition) is 5. The second kappa shape index (κ2) is 7.13. The average Bonchev–Trinajstić information content (AvgIpc) is 2.93. The van der Waals surface area contributed by atoms with Gasteiger partial charge in [-0.05, 0) is 37.6 Å². The molecule has 0 aliphatic heterocycles. The lowest BCUT2D eigenvalue weighted by Gasteiger charge is -2.11. The standard InChI is InChI=1S/C16H19NO3S/c1-3-12-6-7-13(21-12)10-20-15-9-11(17)5-8-14(15)16(18)19-4-2/h5-9H,3-4,10,17H2,1-2H3. The SMILES string of the molecule is CCOC(=O)c1ccc(N)cc1OCc1ccc(CC)s1. The summed E-state index contributed by atoms with van der Waals surface area (Å²) in [5.41, 5.74) is 6.72. The van der Waals surface area contributed by atoms with Gasteiger partial charge in [-0.15, -0.1) is 11.3 Å². The molecule has 1 aromatic heterocycles. The second-order valence-corrected chi connectivity index (χ2v) is 5.74. The number of esters is 1. The van der Waals surface area contributed by atoms with E-state index in [0.717, 1.165) is 11.3 Å². The third-order valence-corrected chi connectivity index (χ3v) is 4.14. The van der Waals surface area contributed by atoms with Gasteiger partial charge in [-0.25, -0.2) is 4.79 Å². The summed E-state index contributed by atoms with van der Waals surface area (Å²) in [7, 11) is 0. The molecule has 0 fully saturated rings. The van der Waals surface area contributed by atoms with Gasteiger partial charge in [0, 0.05) is 21.5 Å². The monoisotopic (exact) mass is 305 g/mol. The number of rotatable bonds is 6. The van der Waals surface area contributed by atoms with Crippen molar-refractivity contribution < 1.29 is 14.3 Å². The quantitative estimate of drug-likeness (QED) is 0.653. The van der Waals surface area contributed by atoms with Crippen molar-refractivity contribution in [2.24, 2.45) is 0 Å². The van der Waals surface area contributed by atoms with Crippen LogP contribution < -0.4 is 10.5 Å². The molecule has 0 unspecified atom stereocenters. The van der Waals surface area contributed by atoms with Crippen molar-refractivity contribution >= 4 is 23.0 Å². The highest BCUT2D eigenvalue weighted by atomic mass is 32.1. The molecule has 2 rings (SSSR count). The molecule has 5 heteroatoms. The summed E-state index contributed by atoms with van der Waals surface area (Å²) < 4.78 is 10.8. The lowest BCUT2D eigenvalue weighted by Crippen LogP contribution is -2.08. The van der Waals surface area contributed by atoms with Crippen molar-refractivity contribution in [3.05, 3.63) is 45.6 Å². The molecule has 2 N–H and O–H groups in total. The van der Waals surface area contributed by atoms with Crippen molar-refractivity contribution in [2.75, 3.05) is 12.3 Å². The molecule has 0 aliphatic carbocycles. The van der Waals surface area contributed by atoms with E-state index in [-0.39, 0.29) is 0 Å². The Hall–Kier alpha value is -2.01. The Kier molecular flexibility index (Phi) is 5.22. The number of thiophene rings is 1. The van der Waals surface area contributed by atoms with E-state index in [4.69, 9.17) is 15.2 Å². The van der Waals surface area contributed by atoms with E-state index in [0.29, 0.717) is 30.2 Å². The van der Waals surface area contributed by atoms with E-state index in [2.05, 4.69) is 13.0 Å². The number of benzene rings is 1. The first-order chi connectivity index (χ1) is 10.1. The zero-order valence-corrected chi connectivity index (χ0v) is 13.0. The summed E-state index contributed by atoms with van der Waals surface area (Å²) in [6.45, 7) is 4.63. The number of nitrogen functional groups attached to an aromatic ring is 1. The fourth-order valence-electron chi connectivity index (χ4n) is 1.87. The van der Waals surface area contributed by atoms with Gasteiger partial charge in [-0.2, -0.15) is 0 Å². The first-order valence-electron chi connectivity index (χ1n) is 6.91. The predicted octanol–water partition coefficient (Wildman–Crippen LogP) is 3.65. The van der Waals surface area contributed by atoms with Crippen molar-refractivity contribution in [3.8, 4) is 5.75 Å². The van der Waals surface area contributed by atoms with E-state index in [1.165, 1.54) is 4.88 Å². The summed E-state index contributed by atoms with van der Waals surface area (Å²) in [6, 6.07) is 9.09. The van der Waals surface area contributed by atoms with Crippen LogP contribution >= 0.6 is 11.3 Å². The number of ether oxygens (including phenoxy) is 2. The topological polar surface area (TPSA) is 61.5 Å². The van der Waals surface area contributed by atoms with E-state index >= 15 is 0 Å². The molecule has 0 saturated heterocycles. The molecular formula is C16H19NO3S. The summed E-state index contributed by atoms with van der Waals surface area (Å²) in [5, 5.41) is 0. The van der Waals surface area contributed by atoms with E-state index in [9.17, 15) is 4.79 Å². The molecule has 4 nitrogen and oxygen atoms in total. The molecular weight excluding hydrogens is 286 g/mol. The van der Waals surface area contributed by atoms with E-state index in [1.807, 2.05) is 6.07 Å². The van der Waals surface area contributed by atoms with Gasteiger partial charge in [0.25, 0.3) is 0 Å². The molecule has 0 saturated carbocycles. The fourth-order valence-corrected chi connectivity index (χ4v) is 2.75. The molecule has 0 aliphatic rings. The third-order valence-electron chi connectivity index (χ3n) is 2.94. The first kappa shape index (κ1) is 15.4. The third kappa shape index (κ3) is 3.98. The molecule has 1 heterocycles. The van der Waals surface area contributed by atoms with Gasteiger partial charge in [0.15, 0.2) is 0 Å². The van der Waals surface area contributed by atoms with Crippen molar-refractivity contribution in [2.45, 2.75) is 26.9 Å². The minimum atomic E-state index is -0.395. The van der Waals surface area contributed by atoms with Crippen LogP contribution in [0.1, 0.15) is 34.0 Å². The van der Waals surface area contributed by atoms with Gasteiger partial charge >= 0.3 is 5.97 Å². The van der Waals surface area contributed by atoms with Crippen LogP contribution in [-0.4, -0.2) is 12.6 Å².